The van der Waals surface area contributed by atoms with Gasteiger partial charge in [0.1, 0.15) is 5.76 Å². The molecule has 0 fully saturated rings. The number of aliphatic hydroxyl groups excluding tert-OH is 1. The Balaban J connectivity index is 2.51. The molecule has 0 amide bonds. The maximum absolute atomic E-state index is 9.24. The first kappa shape index (κ1) is 11.8. The van der Waals surface area contributed by atoms with Crippen LogP contribution in [0.5, 0.6) is 0 Å². The largest absolute Gasteiger partial charge is 0.469 e. The van der Waals surface area contributed by atoms with Crippen molar-refractivity contribution in [1.82, 2.24) is 9.97 Å². The van der Waals surface area contributed by atoms with Crippen LogP contribution >= 0.6 is 0 Å². The van der Waals surface area contributed by atoms with Crippen LogP contribution < -0.4 is 0 Å². The first-order valence-electron chi connectivity index (χ1n) is 5.64. The fraction of sp³-hybridized carbons (Fsp3) is 0.385. The van der Waals surface area contributed by atoms with Gasteiger partial charge in [-0.25, -0.2) is 9.97 Å². The van der Waals surface area contributed by atoms with Gasteiger partial charge in [0.05, 0.1) is 24.1 Å². The molecule has 0 aliphatic carbocycles. The predicted molar refractivity (Wildman–Crippen MR) is 64.5 cm³/mol. The average Bonchev–Trinajstić information content (AvgIpc) is 2.74. The highest BCUT2D eigenvalue weighted by Crippen LogP contribution is 2.24. The van der Waals surface area contributed by atoms with E-state index >= 15 is 0 Å². The monoisotopic (exact) mass is 232 g/mol. The Morgan fingerprint density at radius 3 is 2.71 bits per heavy atom. The van der Waals surface area contributed by atoms with E-state index < -0.39 is 0 Å². The van der Waals surface area contributed by atoms with Gasteiger partial charge in [0.2, 0.25) is 0 Å². The zero-order valence-electron chi connectivity index (χ0n) is 10.3. The Morgan fingerprint density at radius 1 is 1.41 bits per heavy atom. The van der Waals surface area contributed by atoms with Gasteiger partial charge in [-0.3, -0.25) is 0 Å². The van der Waals surface area contributed by atoms with Crippen LogP contribution in [-0.2, 0) is 6.61 Å². The lowest BCUT2D eigenvalue weighted by Crippen LogP contribution is -2.03. The summed E-state index contributed by atoms with van der Waals surface area (Å²) in [5, 5.41) is 9.24. The number of hydrogen-bond donors (Lipinski definition) is 1. The first-order chi connectivity index (χ1) is 8.13. The fourth-order valence-electron chi connectivity index (χ4n) is 1.79. The Kier molecular flexibility index (Phi) is 3.24. The van der Waals surface area contributed by atoms with E-state index in [2.05, 4.69) is 9.97 Å². The molecule has 0 atom stereocenters. The van der Waals surface area contributed by atoms with Crippen molar-refractivity contribution in [3.8, 4) is 11.4 Å². The molecule has 0 aliphatic rings. The third-order valence-electron chi connectivity index (χ3n) is 2.71. The summed E-state index contributed by atoms with van der Waals surface area (Å²) in [5.41, 5.74) is 2.57. The summed E-state index contributed by atoms with van der Waals surface area (Å²) in [7, 11) is 0. The smallest absolute Gasteiger partial charge is 0.162 e. The molecule has 0 spiro atoms. The van der Waals surface area contributed by atoms with Gasteiger partial charge in [0, 0.05) is 11.8 Å². The van der Waals surface area contributed by atoms with Crippen molar-refractivity contribution in [2.24, 2.45) is 0 Å². The highest BCUT2D eigenvalue weighted by Gasteiger charge is 2.13. The molecule has 2 heterocycles. The fourth-order valence-corrected chi connectivity index (χ4v) is 1.79. The summed E-state index contributed by atoms with van der Waals surface area (Å²) >= 11 is 0. The molecule has 0 saturated carbocycles. The summed E-state index contributed by atoms with van der Waals surface area (Å²) < 4.78 is 5.25. The molecule has 17 heavy (non-hydrogen) atoms. The highest BCUT2D eigenvalue weighted by atomic mass is 16.3. The minimum atomic E-state index is -0.0296. The summed E-state index contributed by atoms with van der Waals surface area (Å²) in [4.78, 5) is 8.78. The summed E-state index contributed by atoms with van der Waals surface area (Å²) in [6, 6.07) is 1.85. The van der Waals surface area contributed by atoms with Gasteiger partial charge in [-0.05, 0) is 18.9 Å². The van der Waals surface area contributed by atoms with Crippen molar-refractivity contribution in [1.29, 1.82) is 0 Å². The lowest BCUT2D eigenvalue weighted by molar-refractivity contribution is 0.279. The van der Waals surface area contributed by atoms with E-state index in [-0.39, 0.29) is 12.5 Å². The topological polar surface area (TPSA) is 59.2 Å². The van der Waals surface area contributed by atoms with E-state index in [4.69, 9.17) is 4.42 Å². The van der Waals surface area contributed by atoms with Crippen LogP contribution in [0, 0.1) is 6.92 Å². The Bertz CT molecular complexity index is 518. The Morgan fingerprint density at radius 2 is 2.18 bits per heavy atom. The van der Waals surface area contributed by atoms with Crippen LogP contribution in [0.15, 0.2) is 22.9 Å². The summed E-state index contributed by atoms with van der Waals surface area (Å²) in [5.74, 6) is 1.71. The second-order valence-electron chi connectivity index (χ2n) is 4.31. The lowest BCUT2D eigenvalue weighted by Gasteiger charge is -2.10. The van der Waals surface area contributed by atoms with E-state index in [9.17, 15) is 5.11 Å². The molecule has 2 rings (SSSR count). The van der Waals surface area contributed by atoms with Crippen molar-refractivity contribution in [3.05, 3.63) is 35.5 Å². The van der Waals surface area contributed by atoms with E-state index in [1.165, 1.54) is 0 Å². The Hall–Kier alpha value is -1.68. The van der Waals surface area contributed by atoms with Crippen LogP contribution in [0.4, 0.5) is 0 Å². The summed E-state index contributed by atoms with van der Waals surface area (Å²) in [6.07, 6.45) is 3.31. The molecule has 4 nitrogen and oxygen atoms in total. The van der Waals surface area contributed by atoms with Crippen LogP contribution in [0.3, 0.4) is 0 Å². The molecule has 0 radical (unpaired) electrons. The van der Waals surface area contributed by atoms with E-state index in [0.29, 0.717) is 5.82 Å². The molecule has 2 aromatic rings. The van der Waals surface area contributed by atoms with Gasteiger partial charge in [0.15, 0.2) is 5.82 Å². The van der Waals surface area contributed by atoms with Crippen LogP contribution in [-0.4, -0.2) is 15.1 Å². The van der Waals surface area contributed by atoms with E-state index in [1.54, 1.807) is 12.5 Å². The molecule has 0 unspecified atom stereocenters. The molecular weight excluding hydrogens is 216 g/mol. The van der Waals surface area contributed by atoms with Gasteiger partial charge >= 0.3 is 0 Å². The SMILES string of the molecule is Cc1occc1-c1ncc(CO)c(C(C)C)n1. The number of rotatable bonds is 3. The third-order valence-corrected chi connectivity index (χ3v) is 2.71. The number of hydrogen-bond acceptors (Lipinski definition) is 4. The van der Waals surface area contributed by atoms with Crippen LogP contribution in [0.2, 0.25) is 0 Å². The van der Waals surface area contributed by atoms with Gasteiger partial charge in [-0.2, -0.15) is 0 Å². The lowest BCUT2D eigenvalue weighted by atomic mass is 10.1. The van der Waals surface area contributed by atoms with Crippen molar-refractivity contribution < 1.29 is 9.52 Å². The number of aryl methyl sites for hydroxylation is 1. The van der Waals surface area contributed by atoms with E-state index in [0.717, 1.165) is 22.6 Å². The van der Waals surface area contributed by atoms with Crippen molar-refractivity contribution in [2.75, 3.05) is 0 Å². The number of aliphatic hydroxyl groups is 1. The van der Waals surface area contributed by atoms with Crippen molar-refractivity contribution in [2.45, 2.75) is 33.3 Å². The van der Waals surface area contributed by atoms with Crippen molar-refractivity contribution >= 4 is 0 Å². The molecule has 0 aliphatic heterocycles. The molecule has 0 aromatic carbocycles. The second kappa shape index (κ2) is 4.67. The number of furan rings is 1. The first-order valence-corrected chi connectivity index (χ1v) is 5.64. The highest BCUT2D eigenvalue weighted by molar-refractivity contribution is 5.57. The Labute approximate surface area is 100 Å². The zero-order valence-corrected chi connectivity index (χ0v) is 10.3. The molecule has 4 heteroatoms. The minimum Gasteiger partial charge on any atom is -0.469 e. The van der Waals surface area contributed by atoms with Crippen molar-refractivity contribution in [3.63, 3.8) is 0 Å². The van der Waals surface area contributed by atoms with Crippen LogP contribution in [0.25, 0.3) is 11.4 Å². The molecular formula is C13H16N2O2. The van der Waals surface area contributed by atoms with Crippen LogP contribution in [0.1, 0.15) is 36.8 Å². The quantitative estimate of drug-likeness (QED) is 0.883. The summed E-state index contributed by atoms with van der Waals surface area (Å²) in [6.45, 7) is 5.95. The minimum absolute atomic E-state index is 0.0296. The molecule has 2 aromatic heterocycles. The molecule has 0 bridgehead atoms. The molecule has 90 valence electrons. The predicted octanol–water partition coefficient (Wildman–Crippen LogP) is 2.66. The number of aromatic nitrogens is 2. The zero-order chi connectivity index (χ0) is 12.4. The standard InChI is InChI=1S/C13H16N2O2/c1-8(2)12-10(7-16)6-14-13(15-12)11-4-5-17-9(11)3/h4-6,8,16H,7H2,1-3H3. The van der Waals surface area contributed by atoms with Gasteiger partial charge in [-0.15, -0.1) is 0 Å². The number of nitrogens with zero attached hydrogens (tertiary/aromatic N) is 2. The maximum atomic E-state index is 9.24. The normalized spacial score (nSPS) is 11.1. The second-order valence-corrected chi connectivity index (χ2v) is 4.31. The average molecular weight is 232 g/mol. The molecule has 1 N–H and O–H groups in total. The van der Waals surface area contributed by atoms with Gasteiger partial charge in [0.25, 0.3) is 0 Å². The third kappa shape index (κ3) is 2.22. The van der Waals surface area contributed by atoms with Gasteiger partial charge < -0.3 is 9.52 Å². The van der Waals surface area contributed by atoms with Gasteiger partial charge in [-0.1, -0.05) is 13.8 Å². The maximum Gasteiger partial charge on any atom is 0.162 e. The molecule has 0 saturated heterocycles. The van der Waals surface area contributed by atoms with E-state index in [1.807, 2.05) is 26.8 Å².